The Morgan fingerprint density at radius 1 is 1.17 bits per heavy atom. The van der Waals surface area contributed by atoms with Crippen LogP contribution >= 0.6 is 0 Å². The van der Waals surface area contributed by atoms with E-state index in [1.54, 1.807) is 0 Å². The first-order valence-corrected chi connectivity index (χ1v) is 7.41. The van der Waals surface area contributed by atoms with Crippen LogP contribution < -0.4 is 5.32 Å². The van der Waals surface area contributed by atoms with E-state index in [9.17, 15) is 0 Å². The molecular formula is C16H28N2. The molecule has 2 unspecified atom stereocenters. The Kier molecular flexibility index (Phi) is 4.35. The van der Waals surface area contributed by atoms with Crippen molar-refractivity contribution >= 4 is 0 Å². The summed E-state index contributed by atoms with van der Waals surface area (Å²) in [6, 6.07) is 2.31. The van der Waals surface area contributed by atoms with Crippen molar-refractivity contribution in [3.8, 4) is 11.8 Å². The molecule has 2 rings (SSSR count). The van der Waals surface area contributed by atoms with Crippen LogP contribution in [-0.2, 0) is 0 Å². The average Bonchev–Trinajstić information content (AvgIpc) is 2.24. The first-order chi connectivity index (χ1) is 8.46. The van der Waals surface area contributed by atoms with Gasteiger partial charge in [-0.1, -0.05) is 18.3 Å². The van der Waals surface area contributed by atoms with Gasteiger partial charge in [-0.2, -0.15) is 0 Å². The third-order valence-electron chi connectivity index (χ3n) is 4.28. The predicted octanol–water partition coefficient (Wildman–Crippen LogP) is 2.64. The van der Waals surface area contributed by atoms with E-state index in [1.807, 2.05) is 0 Å². The lowest BCUT2D eigenvalue weighted by Crippen LogP contribution is -2.54. The van der Waals surface area contributed by atoms with Gasteiger partial charge in [0.05, 0.1) is 6.54 Å². The van der Waals surface area contributed by atoms with Crippen LogP contribution in [-0.4, -0.2) is 36.6 Å². The molecule has 2 heteroatoms. The molecule has 2 saturated heterocycles. The zero-order valence-electron chi connectivity index (χ0n) is 12.4. The Balaban J connectivity index is 1.79. The minimum absolute atomic E-state index is 0.130. The van der Waals surface area contributed by atoms with Gasteiger partial charge < -0.3 is 10.2 Å². The van der Waals surface area contributed by atoms with Crippen molar-refractivity contribution in [2.24, 2.45) is 5.41 Å². The fourth-order valence-electron chi connectivity index (χ4n) is 3.29. The molecule has 102 valence electrons. The first kappa shape index (κ1) is 13.9. The van der Waals surface area contributed by atoms with E-state index < -0.39 is 0 Å². The fourth-order valence-corrected chi connectivity index (χ4v) is 3.29. The number of hydrogen-bond acceptors (Lipinski definition) is 2. The third-order valence-corrected chi connectivity index (χ3v) is 4.28. The van der Waals surface area contributed by atoms with Gasteiger partial charge in [-0.15, -0.1) is 0 Å². The smallest absolute Gasteiger partial charge is 0.0578 e. The molecule has 0 aliphatic carbocycles. The number of hydrogen-bond donors (Lipinski definition) is 1. The number of nitrogens with one attached hydrogen (secondary N) is 1. The maximum atomic E-state index is 3.64. The molecule has 0 radical (unpaired) electrons. The lowest BCUT2D eigenvalue weighted by Gasteiger charge is -2.47. The lowest BCUT2D eigenvalue weighted by atomic mass is 9.82. The molecule has 0 aromatic heterocycles. The molecule has 2 heterocycles. The molecule has 0 aromatic rings. The van der Waals surface area contributed by atoms with Crippen molar-refractivity contribution in [1.82, 2.24) is 10.2 Å². The van der Waals surface area contributed by atoms with Crippen LogP contribution in [0.2, 0.25) is 0 Å². The van der Waals surface area contributed by atoms with Crippen LogP contribution in [0.4, 0.5) is 0 Å². The maximum absolute atomic E-state index is 3.64. The number of nitrogens with zero attached hydrogens (tertiary/aromatic N) is 1. The van der Waals surface area contributed by atoms with E-state index in [0.717, 1.165) is 18.6 Å². The third kappa shape index (κ3) is 3.73. The van der Waals surface area contributed by atoms with Crippen LogP contribution in [0.15, 0.2) is 0 Å². The lowest BCUT2D eigenvalue weighted by molar-refractivity contribution is 0.0496. The van der Waals surface area contributed by atoms with E-state index >= 15 is 0 Å². The Labute approximate surface area is 113 Å². The van der Waals surface area contributed by atoms with Crippen molar-refractivity contribution in [3.05, 3.63) is 0 Å². The maximum Gasteiger partial charge on any atom is 0.0578 e. The second-order valence-electron chi connectivity index (χ2n) is 7.01. The Morgan fingerprint density at radius 3 is 2.33 bits per heavy atom. The SMILES string of the molecule is CN1C2CCCC1CC(NCC#CC(C)(C)C)C2. The number of piperidine rings is 2. The van der Waals surface area contributed by atoms with Crippen LogP contribution in [0.3, 0.4) is 0 Å². The molecule has 2 aliphatic heterocycles. The van der Waals surface area contributed by atoms with Gasteiger partial charge in [0.25, 0.3) is 0 Å². The van der Waals surface area contributed by atoms with Crippen molar-refractivity contribution in [2.75, 3.05) is 13.6 Å². The van der Waals surface area contributed by atoms with Crippen LogP contribution in [0.25, 0.3) is 0 Å². The summed E-state index contributed by atoms with van der Waals surface area (Å²) in [7, 11) is 2.31. The van der Waals surface area contributed by atoms with Gasteiger partial charge >= 0.3 is 0 Å². The predicted molar refractivity (Wildman–Crippen MR) is 77.4 cm³/mol. The van der Waals surface area contributed by atoms with E-state index in [2.05, 4.69) is 49.9 Å². The van der Waals surface area contributed by atoms with Gasteiger partial charge in [0, 0.05) is 23.5 Å². The van der Waals surface area contributed by atoms with Crippen LogP contribution in [0.5, 0.6) is 0 Å². The summed E-state index contributed by atoms with van der Waals surface area (Å²) < 4.78 is 0. The zero-order chi connectivity index (χ0) is 13.2. The summed E-state index contributed by atoms with van der Waals surface area (Å²) >= 11 is 0. The summed E-state index contributed by atoms with van der Waals surface area (Å²) in [5.41, 5.74) is 0.130. The first-order valence-electron chi connectivity index (χ1n) is 7.41. The minimum Gasteiger partial charge on any atom is -0.303 e. The summed E-state index contributed by atoms with van der Waals surface area (Å²) in [5.74, 6) is 6.57. The molecule has 2 fully saturated rings. The molecule has 1 N–H and O–H groups in total. The zero-order valence-corrected chi connectivity index (χ0v) is 12.4. The standard InChI is InChI=1S/C16H28N2/c1-16(2,3)9-6-10-17-13-11-14-7-5-8-15(12-13)18(14)4/h13-15,17H,5,7-8,10-12H2,1-4H3. The molecule has 2 bridgehead atoms. The summed E-state index contributed by atoms with van der Waals surface area (Å²) in [5, 5.41) is 3.64. The van der Waals surface area contributed by atoms with Gasteiger partial charge in [-0.05, 0) is 53.5 Å². The van der Waals surface area contributed by atoms with E-state index in [1.165, 1.54) is 32.1 Å². The topological polar surface area (TPSA) is 15.3 Å². The normalized spacial score (nSPS) is 32.8. The largest absolute Gasteiger partial charge is 0.303 e. The Hall–Kier alpha value is -0.520. The van der Waals surface area contributed by atoms with Crippen molar-refractivity contribution in [2.45, 2.75) is 71.0 Å². The second-order valence-corrected chi connectivity index (χ2v) is 7.01. The molecule has 0 amide bonds. The monoisotopic (exact) mass is 248 g/mol. The van der Waals surface area contributed by atoms with Crippen molar-refractivity contribution < 1.29 is 0 Å². The summed E-state index contributed by atoms with van der Waals surface area (Å²) in [4.78, 5) is 2.61. The molecule has 0 aromatic carbocycles. The Morgan fingerprint density at radius 2 is 1.78 bits per heavy atom. The highest BCUT2D eigenvalue weighted by Crippen LogP contribution is 2.32. The highest BCUT2D eigenvalue weighted by Gasteiger charge is 2.35. The second kappa shape index (κ2) is 5.63. The molecule has 18 heavy (non-hydrogen) atoms. The van der Waals surface area contributed by atoms with Gasteiger partial charge in [0.15, 0.2) is 0 Å². The number of fused-ring (bicyclic) bond motifs is 2. The molecule has 2 aliphatic rings. The van der Waals surface area contributed by atoms with E-state index in [0.29, 0.717) is 6.04 Å². The highest BCUT2D eigenvalue weighted by atomic mass is 15.2. The molecular weight excluding hydrogens is 220 g/mol. The highest BCUT2D eigenvalue weighted by molar-refractivity contribution is 5.09. The van der Waals surface area contributed by atoms with E-state index in [-0.39, 0.29) is 5.41 Å². The quantitative estimate of drug-likeness (QED) is 0.756. The van der Waals surface area contributed by atoms with Crippen molar-refractivity contribution in [3.63, 3.8) is 0 Å². The van der Waals surface area contributed by atoms with Crippen LogP contribution in [0, 0.1) is 17.3 Å². The average molecular weight is 248 g/mol. The van der Waals surface area contributed by atoms with E-state index in [4.69, 9.17) is 0 Å². The summed E-state index contributed by atoms with van der Waals surface area (Å²) in [6.07, 6.45) is 6.82. The molecule has 0 spiro atoms. The van der Waals surface area contributed by atoms with Gasteiger partial charge in [0.2, 0.25) is 0 Å². The van der Waals surface area contributed by atoms with Gasteiger partial charge in [-0.25, -0.2) is 0 Å². The van der Waals surface area contributed by atoms with Crippen molar-refractivity contribution in [1.29, 1.82) is 0 Å². The molecule has 0 saturated carbocycles. The Bertz CT molecular complexity index is 317. The minimum atomic E-state index is 0.130. The molecule has 2 nitrogen and oxygen atoms in total. The number of rotatable bonds is 2. The fraction of sp³-hybridized carbons (Fsp3) is 0.875. The molecule has 2 atom stereocenters. The van der Waals surface area contributed by atoms with Crippen LogP contribution in [0.1, 0.15) is 52.9 Å². The van der Waals surface area contributed by atoms with Gasteiger partial charge in [-0.3, -0.25) is 0 Å². The summed E-state index contributed by atoms with van der Waals surface area (Å²) in [6.45, 7) is 7.35. The van der Waals surface area contributed by atoms with Gasteiger partial charge in [0.1, 0.15) is 0 Å².